The van der Waals surface area contributed by atoms with Crippen LogP contribution in [0.15, 0.2) is 16.6 Å². The molecule has 1 aliphatic carbocycles. The summed E-state index contributed by atoms with van der Waals surface area (Å²) in [5.74, 6) is 4.76. The maximum absolute atomic E-state index is 6.83. The first kappa shape index (κ1) is 32.5. The Balaban J connectivity index is -0.000000113. The van der Waals surface area contributed by atoms with Gasteiger partial charge in [-0.3, -0.25) is 0 Å². The summed E-state index contributed by atoms with van der Waals surface area (Å²) in [7, 11) is 0. The smallest absolute Gasteiger partial charge is 4.00 e. The van der Waals surface area contributed by atoms with E-state index in [-0.39, 0.29) is 44.3 Å². The summed E-state index contributed by atoms with van der Waals surface area (Å²) in [6.07, 6.45) is 11.8. The van der Waals surface area contributed by atoms with Crippen molar-refractivity contribution in [3.63, 3.8) is 0 Å². The van der Waals surface area contributed by atoms with Gasteiger partial charge in [0.15, 0.2) is 0 Å². The first-order chi connectivity index (χ1) is 10.6. The molecule has 0 spiro atoms. The fourth-order valence-electron chi connectivity index (χ4n) is 0.818. The third-order valence-corrected chi connectivity index (χ3v) is 6.62. The van der Waals surface area contributed by atoms with E-state index in [1.54, 1.807) is 4.41 Å². The molecule has 1 aliphatic rings. The number of allylic oxidation sites excluding steroid dienone is 4. The number of hydrogen-bond acceptors (Lipinski definition) is 0. The Labute approximate surface area is 176 Å². The van der Waals surface area contributed by atoms with Crippen LogP contribution >= 0.6 is 0 Å². The van der Waals surface area contributed by atoms with Gasteiger partial charge in [0, 0.05) is 0 Å². The third-order valence-electron chi connectivity index (χ3n) is 3.18. The minimum atomic E-state index is -0.912. The molecular weight excluding hydrogens is 434 g/mol. The average molecular weight is 475 g/mol. The fraction of sp³-hybridized carbons (Fsp3) is 0.789. The Bertz CT molecular complexity index is 269. The van der Waals surface area contributed by atoms with E-state index < -0.39 is 14.3 Å². The number of hydrogen-bond donors (Lipinski definition) is 0. The van der Waals surface area contributed by atoms with Crippen molar-refractivity contribution in [3.05, 3.63) is 39.8 Å². The van der Waals surface area contributed by atoms with Crippen molar-refractivity contribution in [1.82, 2.24) is 0 Å². The summed E-state index contributed by atoms with van der Waals surface area (Å²) in [5.41, 5.74) is 20.5. The van der Waals surface area contributed by atoms with Crippen LogP contribution in [-0.4, -0.2) is 32.5 Å². The summed E-state index contributed by atoms with van der Waals surface area (Å²) in [6.45, 7) is 11.7. The Morgan fingerprint density at radius 3 is 1.29 bits per heavy atom. The van der Waals surface area contributed by atoms with E-state index in [0.717, 1.165) is 25.7 Å². The standard InChI is InChI=1S/C7H11Ge.3C4H10N.Zr/c1-8(2)7-5-3-4-6-7;3*1-3-4(2)5;/h3,5,8H,4H2,1-2H3;3*4-5H,3H2,1-2H3;/q4*-1;+4. The van der Waals surface area contributed by atoms with Crippen LogP contribution in [0.3, 0.4) is 0 Å². The quantitative estimate of drug-likeness (QED) is 0.305. The Hall–Kier alpha value is 0.786. The molecule has 0 saturated carbocycles. The molecule has 140 valence electrons. The molecular formula is C19H41GeN3Zr. The Morgan fingerprint density at radius 2 is 1.21 bits per heavy atom. The van der Waals surface area contributed by atoms with E-state index in [2.05, 4.69) is 29.7 Å². The van der Waals surface area contributed by atoms with Crippen LogP contribution in [0.5, 0.6) is 0 Å². The SMILES string of the molecule is CCC(C)[NH-].CCC(C)[NH-].CCC(C)[NH-].[CH3][GeH]([CH3])[C]1=[C-]CC=C1.[Zr+4]. The van der Waals surface area contributed by atoms with Crippen molar-refractivity contribution in [1.29, 1.82) is 0 Å². The summed E-state index contributed by atoms with van der Waals surface area (Å²) >= 11 is -0.912. The normalized spacial score (nSPS) is 15.2. The van der Waals surface area contributed by atoms with Crippen molar-refractivity contribution >= 4 is 14.3 Å². The zero-order valence-corrected chi connectivity index (χ0v) is 22.2. The van der Waals surface area contributed by atoms with E-state index >= 15 is 0 Å². The topological polar surface area (TPSA) is 71.4 Å². The second kappa shape index (κ2) is 23.8. The zero-order chi connectivity index (χ0) is 18.8. The van der Waals surface area contributed by atoms with Gasteiger partial charge < -0.3 is 17.2 Å². The molecule has 0 heterocycles. The molecule has 0 radical (unpaired) electrons. The molecule has 0 bridgehead atoms. The van der Waals surface area contributed by atoms with Crippen LogP contribution in [-0.2, 0) is 26.2 Å². The van der Waals surface area contributed by atoms with E-state index in [1.165, 1.54) is 0 Å². The molecule has 0 amide bonds. The van der Waals surface area contributed by atoms with Crippen molar-refractivity contribution in [2.45, 2.75) is 96.9 Å². The zero-order valence-electron chi connectivity index (χ0n) is 17.3. The summed E-state index contributed by atoms with van der Waals surface area (Å²) in [4.78, 5) is 0. The van der Waals surface area contributed by atoms with E-state index in [4.69, 9.17) is 17.2 Å². The molecule has 0 fully saturated rings. The molecule has 0 saturated heterocycles. The number of nitrogens with one attached hydrogen (secondary N) is 3. The Morgan fingerprint density at radius 1 is 0.917 bits per heavy atom. The Kier molecular flexibility index (Phi) is 32.2. The summed E-state index contributed by atoms with van der Waals surface area (Å²) in [5, 5.41) is 0. The van der Waals surface area contributed by atoms with Crippen LogP contribution in [0, 0.1) is 6.08 Å². The van der Waals surface area contributed by atoms with Gasteiger partial charge in [0.2, 0.25) is 0 Å². The van der Waals surface area contributed by atoms with Gasteiger partial charge >= 0.3 is 81.1 Å². The maximum Gasteiger partial charge on any atom is 4.00 e. The van der Waals surface area contributed by atoms with Gasteiger partial charge in [-0.05, 0) is 0 Å². The van der Waals surface area contributed by atoms with Gasteiger partial charge in [-0.15, -0.1) is 18.1 Å². The van der Waals surface area contributed by atoms with Crippen LogP contribution in [0.2, 0.25) is 11.5 Å². The minimum Gasteiger partial charge on any atom is 4.00 e. The van der Waals surface area contributed by atoms with Crippen molar-refractivity contribution < 1.29 is 26.2 Å². The van der Waals surface area contributed by atoms with Crippen LogP contribution < -0.4 is 0 Å². The van der Waals surface area contributed by atoms with Crippen LogP contribution in [0.1, 0.15) is 67.2 Å². The van der Waals surface area contributed by atoms with Crippen molar-refractivity contribution in [2.24, 2.45) is 0 Å². The molecule has 3 nitrogen and oxygen atoms in total. The molecule has 0 aromatic carbocycles. The van der Waals surface area contributed by atoms with Crippen LogP contribution in [0.4, 0.5) is 0 Å². The van der Waals surface area contributed by atoms with Crippen molar-refractivity contribution in [2.75, 3.05) is 0 Å². The fourth-order valence-corrected chi connectivity index (χ4v) is 3.02. The first-order valence-corrected chi connectivity index (χ1v) is 15.1. The van der Waals surface area contributed by atoms with Gasteiger partial charge in [-0.25, -0.2) is 0 Å². The van der Waals surface area contributed by atoms with Gasteiger partial charge in [0.25, 0.3) is 0 Å². The van der Waals surface area contributed by atoms with E-state index in [9.17, 15) is 0 Å². The second-order valence-electron chi connectivity index (χ2n) is 6.32. The predicted octanol–water partition coefficient (Wildman–Crippen LogP) is 7.21. The average Bonchev–Trinajstić information content (AvgIpc) is 3.03. The molecule has 3 unspecified atom stereocenters. The van der Waals surface area contributed by atoms with Gasteiger partial charge in [-0.1, -0.05) is 60.8 Å². The largest absolute Gasteiger partial charge is 4.00 e. The van der Waals surface area contributed by atoms with Gasteiger partial charge in [-0.2, -0.15) is 0 Å². The summed E-state index contributed by atoms with van der Waals surface area (Å²) in [6, 6.07) is 0.403. The number of rotatable bonds is 4. The molecule has 5 heteroatoms. The summed E-state index contributed by atoms with van der Waals surface area (Å²) < 4.78 is 1.55. The molecule has 0 aliphatic heterocycles. The van der Waals surface area contributed by atoms with E-state index in [0.29, 0.717) is 0 Å². The molecule has 3 atom stereocenters. The molecule has 3 N–H and O–H groups in total. The predicted molar refractivity (Wildman–Crippen MR) is 112 cm³/mol. The van der Waals surface area contributed by atoms with Crippen LogP contribution in [0.25, 0.3) is 17.2 Å². The third kappa shape index (κ3) is 34.2. The molecule has 0 aromatic heterocycles. The maximum atomic E-state index is 6.83. The minimum absolute atomic E-state index is 0. The second-order valence-corrected chi connectivity index (χ2v) is 12.5. The monoisotopic (exact) mass is 475 g/mol. The molecule has 0 aromatic rings. The van der Waals surface area contributed by atoms with Gasteiger partial charge in [0.1, 0.15) is 0 Å². The van der Waals surface area contributed by atoms with E-state index in [1.807, 2.05) is 41.5 Å². The molecule has 24 heavy (non-hydrogen) atoms. The van der Waals surface area contributed by atoms with Crippen molar-refractivity contribution in [3.8, 4) is 0 Å². The van der Waals surface area contributed by atoms with Gasteiger partial charge in [0.05, 0.1) is 0 Å². The molecule has 1 rings (SSSR count). The first-order valence-electron chi connectivity index (χ1n) is 9.02.